The highest BCUT2D eigenvalue weighted by Gasteiger charge is 2.25. The third-order valence-corrected chi connectivity index (χ3v) is 5.08. The molecule has 0 spiro atoms. The predicted octanol–water partition coefficient (Wildman–Crippen LogP) is 4.13. The number of halogens is 2. The summed E-state index contributed by atoms with van der Waals surface area (Å²) in [6, 6.07) is 14.5. The van der Waals surface area contributed by atoms with Crippen LogP contribution in [0.2, 0.25) is 10.0 Å². The van der Waals surface area contributed by atoms with Gasteiger partial charge >= 0.3 is 0 Å². The van der Waals surface area contributed by atoms with Crippen LogP contribution in [0.1, 0.15) is 25.0 Å². The van der Waals surface area contributed by atoms with Gasteiger partial charge in [-0.05, 0) is 43.5 Å². The van der Waals surface area contributed by atoms with Gasteiger partial charge in [-0.3, -0.25) is 9.59 Å². The molecule has 1 unspecified atom stereocenters. The summed E-state index contributed by atoms with van der Waals surface area (Å²) in [5.41, 5.74) is 1.88. The van der Waals surface area contributed by atoms with Crippen molar-refractivity contribution in [1.29, 1.82) is 0 Å². The maximum absolute atomic E-state index is 13.0. The van der Waals surface area contributed by atoms with Crippen molar-refractivity contribution in [3.05, 3.63) is 69.7 Å². The summed E-state index contributed by atoms with van der Waals surface area (Å²) in [7, 11) is 0. The Morgan fingerprint density at radius 1 is 1.04 bits per heavy atom. The van der Waals surface area contributed by atoms with E-state index in [-0.39, 0.29) is 18.2 Å². The van der Waals surface area contributed by atoms with Gasteiger partial charge in [0.1, 0.15) is 6.04 Å². The summed E-state index contributed by atoms with van der Waals surface area (Å²) in [4.78, 5) is 26.9. The summed E-state index contributed by atoms with van der Waals surface area (Å²) in [5.74, 6) is -0.281. The molecular formula is C21H24Cl2N2O2. The zero-order valence-corrected chi connectivity index (χ0v) is 17.1. The molecule has 0 heterocycles. The highest BCUT2D eigenvalue weighted by molar-refractivity contribution is 6.42. The number of amides is 2. The van der Waals surface area contributed by atoms with E-state index in [1.54, 1.807) is 30.0 Å². The van der Waals surface area contributed by atoms with E-state index in [0.29, 0.717) is 29.6 Å². The van der Waals surface area contributed by atoms with E-state index in [4.69, 9.17) is 23.2 Å². The van der Waals surface area contributed by atoms with Crippen molar-refractivity contribution in [2.75, 3.05) is 13.1 Å². The maximum Gasteiger partial charge on any atom is 0.242 e. The molecule has 2 aromatic rings. The lowest BCUT2D eigenvalue weighted by atomic mass is 10.1. The number of rotatable bonds is 8. The zero-order valence-electron chi connectivity index (χ0n) is 15.5. The van der Waals surface area contributed by atoms with Crippen molar-refractivity contribution in [3.8, 4) is 0 Å². The number of carbonyl (C=O) groups excluding carboxylic acids is 2. The molecule has 0 bridgehead atoms. The fourth-order valence-electron chi connectivity index (χ4n) is 2.82. The lowest BCUT2D eigenvalue weighted by molar-refractivity contribution is -0.139. The molecule has 2 amide bonds. The van der Waals surface area contributed by atoms with Gasteiger partial charge in [-0.15, -0.1) is 0 Å². The highest BCUT2D eigenvalue weighted by atomic mass is 35.5. The molecule has 27 heavy (non-hydrogen) atoms. The summed E-state index contributed by atoms with van der Waals surface area (Å²) >= 11 is 12.0. The van der Waals surface area contributed by atoms with Crippen LogP contribution in [0.3, 0.4) is 0 Å². The van der Waals surface area contributed by atoms with Gasteiger partial charge in [0.2, 0.25) is 11.8 Å². The van der Waals surface area contributed by atoms with E-state index in [9.17, 15) is 9.59 Å². The van der Waals surface area contributed by atoms with E-state index >= 15 is 0 Å². The van der Waals surface area contributed by atoms with Crippen LogP contribution in [-0.2, 0) is 22.4 Å². The number of hydrogen-bond acceptors (Lipinski definition) is 2. The monoisotopic (exact) mass is 406 g/mol. The molecule has 2 aromatic carbocycles. The second-order valence-electron chi connectivity index (χ2n) is 6.32. The first-order valence-corrected chi connectivity index (χ1v) is 9.73. The predicted molar refractivity (Wildman–Crippen MR) is 110 cm³/mol. The van der Waals surface area contributed by atoms with Crippen molar-refractivity contribution in [1.82, 2.24) is 10.2 Å². The van der Waals surface area contributed by atoms with E-state index in [2.05, 4.69) is 5.32 Å². The lowest BCUT2D eigenvalue weighted by Crippen LogP contribution is -2.49. The van der Waals surface area contributed by atoms with Crippen LogP contribution in [0.15, 0.2) is 48.5 Å². The molecule has 6 heteroatoms. The van der Waals surface area contributed by atoms with Crippen LogP contribution in [-0.4, -0.2) is 35.8 Å². The van der Waals surface area contributed by atoms with Gasteiger partial charge in [-0.1, -0.05) is 59.6 Å². The Kier molecular flexibility index (Phi) is 8.14. The Morgan fingerprint density at radius 2 is 1.74 bits per heavy atom. The summed E-state index contributed by atoms with van der Waals surface area (Å²) < 4.78 is 0. The molecule has 0 aliphatic rings. The average Bonchev–Trinajstić information content (AvgIpc) is 2.65. The fourth-order valence-corrected chi connectivity index (χ4v) is 3.14. The van der Waals surface area contributed by atoms with Crippen LogP contribution in [0, 0.1) is 0 Å². The van der Waals surface area contributed by atoms with Gasteiger partial charge in [0, 0.05) is 13.1 Å². The van der Waals surface area contributed by atoms with Crippen molar-refractivity contribution >= 4 is 35.0 Å². The molecule has 0 saturated heterocycles. The molecule has 1 atom stereocenters. The van der Waals surface area contributed by atoms with Crippen molar-refractivity contribution in [3.63, 3.8) is 0 Å². The largest absolute Gasteiger partial charge is 0.355 e. The summed E-state index contributed by atoms with van der Waals surface area (Å²) in [6.45, 7) is 4.60. The van der Waals surface area contributed by atoms with Gasteiger partial charge in [-0.2, -0.15) is 0 Å². The van der Waals surface area contributed by atoms with Gasteiger partial charge in [0.25, 0.3) is 0 Å². The molecule has 0 saturated carbocycles. The number of carbonyl (C=O) groups is 2. The molecule has 144 valence electrons. The van der Waals surface area contributed by atoms with E-state index in [1.807, 2.05) is 37.3 Å². The van der Waals surface area contributed by atoms with E-state index in [1.165, 1.54) is 0 Å². The molecule has 0 aromatic heterocycles. The Labute approximate surface area is 170 Å². The normalized spacial score (nSPS) is 11.7. The fraction of sp³-hybridized carbons (Fsp3) is 0.333. The minimum absolute atomic E-state index is 0.122. The topological polar surface area (TPSA) is 49.4 Å². The SMILES string of the molecule is CCNC(=O)C(C)N(CCc1ccccc1)C(=O)Cc1ccc(Cl)c(Cl)c1. The standard InChI is InChI=1S/C21H24Cl2N2O2/c1-3-24-21(27)15(2)25(12-11-16-7-5-4-6-8-16)20(26)14-17-9-10-18(22)19(23)13-17/h4-10,13,15H,3,11-12,14H2,1-2H3,(H,24,27). The third kappa shape index (κ3) is 6.26. The van der Waals surface area contributed by atoms with E-state index < -0.39 is 6.04 Å². The second kappa shape index (κ2) is 10.3. The van der Waals surface area contributed by atoms with Crippen LogP contribution in [0.4, 0.5) is 0 Å². The molecule has 1 N–H and O–H groups in total. The van der Waals surface area contributed by atoms with E-state index in [0.717, 1.165) is 11.1 Å². The smallest absolute Gasteiger partial charge is 0.242 e. The van der Waals surface area contributed by atoms with Crippen molar-refractivity contribution in [2.45, 2.75) is 32.7 Å². The highest BCUT2D eigenvalue weighted by Crippen LogP contribution is 2.23. The summed E-state index contributed by atoms with van der Waals surface area (Å²) in [6.07, 6.45) is 0.840. The molecule has 2 rings (SSSR count). The first-order chi connectivity index (χ1) is 12.9. The Hall–Kier alpha value is -2.04. The number of hydrogen-bond donors (Lipinski definition) is 1. The molecule has 0 aliphatic heterocycles. The van der Waals surface area contributed by atoms with Crippen LogP contribution < -0.4 is 5.32 Å². The lowest BCUT2D eigenvalue weighted by Gasteiger charge is -2.28. The quantitative estimate of drug-likeness (QED) is 0.716. The first-order valence-electron chi connectivity index (χ1n) is 8.97. The molecule has 0 fully saturated rings. The van der Waals surface area contributed by atoms with Crippen LogP contribution >= 0.6 is 23.2 Å². The second-order valence-corrected chi connectivity index (χ2v) is 7.13. The summed E-state index contributed by atoms with van der Waals surface area (Å²) in [5, 5.41) is 3.65. The molecule has 0 aliphatic carbocycles. The Bertz CT molecular complexity index is 781. The maximum atomic E-state index is 13.0. The van der Waals surface area contributed by atoms with Gasteiger partial charge in [-0.25, -0.2) is 0 Å². The van der Waals surface area contributed by atoms with Crippen molar-refractivity contribution in [2.24, 2.45) is 0 Å². The number of nitrogens with one attached hydrogen (secondary N) is 1. The minimum Gasteiger partial charge on any atom is -0.355 e. The molecule has 0 radical (unpaired) electrons. The zero-order chi connectivity index (χ0) is 19.8. The van der Waals surface area contributed by atoms with Crippen LogP contribution in [0.5, 0.6) is 0 Å². The average molecular weight is 407 g/mol. The Balaban J connectivity index is 2.14. The number of likely N-dealkylation sites (N-methyl/N-ethyl adjacent to an activating group) is 1. The third-order valence-electron chi connectivity index (χ3n) is 4.34. The minimum atomic E-state index is -0.552. The van der Waals surface area contributed by atoms with Crippen LogP contribution in [0.25, 0.3) is 0 Å². The molecular weight excluding hydrogens is 383 g/mol. The Morgan fingerprint density at radius 3 is 2.37 bits per heavy atom. The number of nitrogens with zero attached hydrogens (tertiary/aromatic N) is 1. The van der Waals surface area contributed by atoms with Gasteiger partial charge in [0.15, 0.2) is 0 Å². The van der Waals surface area contributed by atoms with Gasteiger partial charge in [0.05, 0.1) is 16.5 Å². The number of benzene rings is 2. The van der Waals surface area contributed by atoms with Gasteiger partial charge < -0.3 is 10.2 Å². The van der Waals surface area contributed by atoms with Crippen molar-refractivity contribution < 1.29 is 9.59 Å². The first kappa shape index (κ1) is 21.3. The molecule has 4 nitrogen and oxygen atoms in total.